The maximum absolute atomic E-state index is 12.2. The molecule has 0 aliphatic carbocycles. The highest BCUT2D eigenvalue weighted by Gasteiger charge is 2.28. The molecule has 0 radical (unpaired) electrons. The quantitative estimate of drug-likeness (QED) is 0.724. The van der Waals surface area contributed by atoms with Gasteiger partial charge in [-0.25, -0.2) is 9.78 Å². The number of amides is 1. The number of hydrogen-bond acceptors (Lipinski definition) is 3. The van der Waals surface area contributed by atoms with E-state index in [0.29, 0.717) is 18.7 Å². The minimum absolute atomic E-state index is 0.0331. The summed E-state index contributed by atoms with van der Waals surface area (Å²) in [5, 5.41) is 0. The largest absolute Gasteiger partial charge is 0.444 e. The molecule has 1 unspecified atom stereocenters. The monoisotopic (exact) mass is 343 g/mol. The van der Waals surface area contributed by atoms with Crippen LogP contribution in [-0.4, -0.2) is 34.7 Å². The van der Waals surface area contributed by atoms with Crippen molar-refractivity contribution in [3.05, 3.63) is 28.4 Å². The van der Waals surface area contributed by atoms with Gasteiger partial charge in [0.05, 0.1) is 4.11 Å². The molecule has 1 atom stereocenters. The first kappa shape index (κ1) is 11.5. The Morgan fingerprint density at radius 3 is 3.05 bits per heavy atom. The topological polar surface area (TPSA) is 42.4 Å². The van der Waals surface area contributed by atoms with Crippen molar-refractivity contribution >= 4 is 22.0 Å². The molecule has 0 N–H and O–H groups in total. The van der Waals surface area contributed by atoms with Gasteiger partial charge in [-0.1, -0.05) is 0 Å². The first-order valence-electron chi connectivity index (χ1n) is 8.21. The second-order valence-electron chi connectivity index (χ2n) is 5.94. The van der Waals surface area contributed by atoms with Crippen molar-refractivity contribution in [3.8, 4) is 0 Å². The fourth-order valence-electron chi connectivity index (χ4n) is 2.22. The van der Waals surface area contributed by atoms with Gasteiger partial charge >= 0.3 is 6.09 Å². The summed E-state index contributed by atoms with van der Waals surface area (Å²) in [7, 11) is 0. The maximum Gasteiger partial charge on any atom is 0.410 e. The number of hydrogen-bond donors (Lipinski definition) is 0. The standard InChI is InChI=1S/C15H21BrN2O2/c1-15(2,3)20-14(19)18-8-4-5-12(10-18)11-6-7-17-13(16)9-11/h6-7,9,12H,4-5,8,10H2,1-3H3/i6D,7D,9D. The molecule has 1 aromatic heterocycles. The summed E-state index contributed by atoms with van der Waals surface area (Å²) in [6, 6.07) is 0.0938. The Kier molecular flexibility index (Phi) is 3.53. The molecule has 2 heterocycles. The number of carbonyl (C=O) groups is 1. The molecular formula is C15H21BrN2O2. The smallest absolute Gasteiger partial charge is 0.410 e. The molecule has 1 aromatic rings. The van der Waals surface area contributed by atoms with Crippen LogP contribution in [0.4, 0.5) is 4.79 Å². The van der Waals surface area contributed by atoms with Gasteiger partial charge in [-0.05, 0) is 67.2 Å². The summed E-state index contributed by atoms with van der Waals surface area (Å²) in [5.41, 5.74) is -0.0793. The van der Waals surface area contributed by atoms with Crippen LogP contribution in [0.15, 0.2) is 22.9 Å². The predicted molar refractivity (Wildman–Crippen MR) is 81.7 cm³/mol. The minimum Gasteiger partial charge on any atom is -0.444 e. The number of halogens is 1. The maximum atomic E-state index is 12.2. The molecule has 110 valence electrons. The number of aromatic nitrogens is 1. The lowest BCUT2D eigenvalue weighted by Crippen LogP contribution is -2.42. The lowest BCUT2D eigenvalue weighted by atomic mass is 9.91. The van der Waals surface area contributed by atoms with E-state index in [1.165, 1.54) is 0 Å². The summed E-state index contributed by atoms with van der Waals surface area (Å²) >= 11 is 3.17. The van der Waals surface area contributed by atoms with Crippen LogP contribution in [0.25, 0.3) is 0 Å². The molecule has 1 fully saturated rings. The zero-order chi connectivity index (χ0) is 17.4. The fraction of sp³-hybridized carbons (Fsp3) is 0.600. The van der Waals surface area contributed by atoms with Gasteiger partial charge in [-0.2, -0.15) is 0 Å². The average molecular weight is 344 g/mol. The van der Waals surface area contributed by atoms with Crippen molar-refractivity contribution in [2.75, 3.05) is 13.1 Å². The summed E-state index contributed by atoms with van der Waals surface area (Å²) < 4.78 is 29.6. The van der Waals surface area contributed by atoms with Crippen LogP contribution >= 0.6 is 15.9 Å². The van der Waals surface area contributed by atoms with Crippen molar-refractivity contribution in [1.82, 2.24) is 9.88 Å². The average Bonchev–Trinajstić information content (AvgIpc) is 2.44. The van der Waals surface area contributed by atoms with Crippen LogP contribution in [0.2, 0.25) is 0 Å². The highest BCUT2D eigenvalue weighted by molar-refractivity contribution is 9.10. The molecule has 2 rings (SSSR count). The van der Waals surface area contributed by atoms with Crippen LogP contribution in [-0.2, 0) is 4.74 Å². The molecule has 1 aliphatic heterocycles. The normalized spacial score (nSPS) is 21.9. The van der Waals surface area contributed by atoms with Crippen molar-refractivity contribution in [2.45, 2.75) is 45.1 Å². The Morgan fingerprint density at radius 2 is 2.35 bits per heavy atom. The Morgan fingerprint density at radius 1 is 1.60 bits per heavy atom. The molecule has 1 aliphatic rings. The Labute approximate surface area is 132 Å². The first-order chi connectivity index (χ1) is 10.6. The highest BCUT2D eigenvalue weighted by Crippen LogP contribution is 2.28. The molecule has 4 nitrogen and oxygen atoms in total. The number of rotatable bonds is 1. The number of piperidine rings is 1. The SMILES string of the molecule is [2H]c1nc(Br)c([2H])c(C2CCCN(C(=O)OC(C)(C)C)C2)c1[2H]. The van der Waals surface area contributed by atoms with E-state index in [-0.39, 0.29) is 34.9 Å². The number of ether oxygens (including phenoxy) is 1. The zero-order valence-corrected chi connectivity index (χ0v) is 13.6. The summed E-state index contributed by atoms with van der Waals surface area (Å²) in [5.74, 6) is -0.153. The first-order valence-corrected chi connectivity index (χ1v) is 7.50. The molecule has 0 spiro atoms. The molecule has 1 saturated heterocycles. The van der Waals surface area contributed by atoms with Gasteiger partial charge in [-0.3, -0.25) is 0 Å². The van der Waals surface area contributed by atoms with Gasteiger partial charge < -0.3 is 9.64 Å². The lowest BCUT2D eigenvalue weighted by Gasteiger charge is -2.34. The van der Waals surface area contributed by atoms with Crippen molar-refractivity contribution in [3.63, 3.8) is 0 Å². The zero-order valence-electron chi connectivity index (χ0n) is 15.0. The predicted octanol–water partition coefficient (Wildman–Crippen LogP) is 3.96. The van der Waals surface area contributed by atoms with Gasteiger partial charge in [0, 0.05) is 25.2 Å². The molecular weight excluding hydrogens is 320 g/mol. The summed E-state index contributed by atoms with van der Waals surface area (Å²) in [6.07, 6.45) is 1.01. The van der Waals surface area contributed by atoms with E-state index in [2.05, 4.69) is 20.9 Å². The Hall–Kier alpha value is -1.10. The van der Waals surface area contributed by atoms with E-state index < -0.39 is 5.60 Å². The van der Waals surface area contributed by atoms with E-state index in [1.807, 2.05) is 20.8 Å². The number of pyridine rings is 1. The van der Waals surface area contributed by atoms with Gasteiger partial charge in [0.15, 0.2) is 0 Å². The minimum atomic E-state index is -0.556. The fourth-order valence-corrected chi connectivity index (χ4v) is 2.52. The number of nitrogens with zero attached hydrogens (tertiary/aromatic N) is 2. The third kappa shape index (κ3) is 4.20. The molecule has 5 heteroatoms. The van der Waals surface area contributed by atoms with Gasteiger partial charge in [-0.15, -0.1) is 0 Å². The van der Waals surface area contributed by atoms with Crippen molar-refractivity contribution < 1.29 is 13.6 Å². The lowest BCUT2D eigenvalue weighted by molar-refractivity contribution is 0.0198. The van der Waals surface area contributed by atoms with Gasteiger partial charge in [0.25, 0.3) is 0 Å². The molecule has 20 heavy (non-hydrogen) atoms. The van der Waals surface area contributed by atoms with Crippen LogP contribution in [0.5, 0.6) is 0 Å². The Bertz CT molecular complexity index is 593. The number of carbonyl (C=O) groups excluding carboxylic acids is 1. The van der Waals surface area contributed by atoms with Crippen LogP contribution in [0, 0.1) is 0 Å². The second kappa shape index (κ2) is 6.12. The van der Waals surface area contributed by atoms with Crippen LogP contribution in [0.1, 0.15) is 49.2 Å². The van der Waals surface area contributed by atoms with E-state index in [0.717, 1.165) is 12.8 Å². The van der Waals surface area contributed by atoms with E-state index in [1.54, 1.807) is 4.90 Å². The van der Waals surface area contributed by atoms with Crippen LogP contribution in [0.3, 0.4) is 0 Å². The number of likely N-dealkylation sites (tertiary alicyclic amines) is 1. The van der Waals surface area contributed by atoms with E-state index in [9.17, 15) is 4.79 Å². The Balaban J connectivity index is 2.24. The summed E-state index contributed by atoms with van der Waals surface area (Å²) in [6.45, 7) is 6.46. The molecule has 0 aromatic carbocycles. The van der Waals surface area contributed by atoms with Crippen molar-refractivity contribution in [2.24, 2.45) is 0 Å². The highest BCUT2D eigenvalue weighted by atomic mass is 79.9. The second-order valence-corrected chi connectivity index (χ2v) is 6.69. The molecule has 0 saturated carbocycles. The third-order valence-electron chi connectivity index (χ3n) is 3.06. The van der Waals surface area contributed by atoms with E-state index >= 15 is 0 Å². The van der Waals surface area contributed by atoms with Crippen LogP contribution < -0.4 is 0 Å². The summed E-state index contributed by atoms with van der Waals surface area (Å²) in [4.78, 5) is 17.7. The van der Waals surface area contributed by atoms with Gasteiger partial charge in [0.2, 0.25) is 0 Å². The van der Waals surface area contributed by atoms with Gasteiger partial charge in [0.1, 0.15) is 10.2 Å². The van der Waals surface area contributed by atoms with E-state index in [4.69, 9.17) is 8.85 Å². The molecule has 0 bridgehead atoms. The van der Waals surface area contributed by atoms with Crippen molar-refractivity contribution in [1.29, 1.82) is 0 Å². The third-order valence-corrected chi connectivity index (χ3v) is 3.44. The molecule has 1 amide bonds.